The van der Waals surface area contributed by atoms with Crippen molar-refractivity contribution >= 4 is 23.1 Å². The molecule has 1 atom stereocenters. The maximum Gasteiger partial charge on any atom is 0.300 e. The molecule has 2 aliphatic rings. The van der Waals surface area contributed by atoms with Crippen LogP contribution in [0.25, 0.3) is 5.76 Å². The van der Waals surface area contributed by atoms with Gasteiger partial charge in [0.1, 0.15) is 23.1 Å². The highest BCUT2D eigenvalue weighted by Gasteiger charge is 2.48. The lowest BCUT2D eigenvalue weighted by atomic mass is 9.94. The Labute approximate surface area is 211 Å². The average Bonchev–Trinajstić information content (AvgIpc) is 3.46. The molecule has 0 bridgehead atoms. The molecule has 0 spiro atoms. The summed E-state index contributed by atoms with van der Waals surface area (Å²) in [6, 6.07) is 11.2. The Morgan fingerprint density at radius 2 is 1.89 bits per heavy atom. The molecule has 2 heterocycles. The number of amides is 1. The molecule has 0 saturated carbocycles. The van der Waals surface area contributed by atoms with E-state index in [1.807, 2.05) is 0 Å². The predicted molar refractivity (Wildman–Crippen MR) is 131 cm³/mol. The summed E-state index contributed by atoms with van der Waals surface area (Å²) in [6.07, 6.45) is 0.630. The van der Waals surface area contributed by atoms with E-state index in [9.17, 15) is 23.5 Å². The number of anilines is 1. The quantitative estimate of drug-likeness (QED) is 0.289. The molecule has 37 heavy (non-hydrogen) atoms. The van der Waals surface area contributed by atoms with E-state index in [0.717, 1.165) is 22.6 Å². The predicted octanol–water partition coefficient (Wildman–Crippen LogP) is 4.93. The van der Waals surface area contributed by atoms with E-state index in [2.05, 4.69) is 0 Å². The van der Waals surface area contributed by atoms with E-state index in [0.29, 0.717) is 54.1 Å². The third-order valence-electron chi connectivity index (χ3n) is 6.38. The van der Waals surface area contributed by atoms with Gasteiger partial charge in [0.2, 0.25) is 0 Å². The first kappa shape index (κ1) is 24.3. The molecule has 1 fully saturated rings. The number of carbonyl (C=O) groups is 2. The van der Waals surface area contributed by atoms with Crippen molar-refractivity contribution < 1.29 is 37.7 Å². The summed E-state index contributed by atoms with van der Waals surface area (Å²) >= 11 is 0. The van der Waals surface area contributed by atoms with Crippen LogP contribution < -0.4 is 19.1 Å². The molecular formula is C28H23F2NO6. The summed E-state index contributed by atoms with van der Waals surface area (Å²) in [5.74, 6) is -2.92. The zero-order valence-corrected chi connectivity index (χ0v) is 20.1. The number of rotatable bonds is 6. The number of aliphatic hydroxyl groups excluding tert-OH is 1. The summed E-state index contributed by atoms with van der Waals surface area (Å²) in [4.78, 5) is 27.6. The maximum absolute atomic E-state index is 14.9. The Kier molecular flexibility index (Phi) is 6.29. The van der Waals surface area contributed by atoms with E-state index in [4.69, 9.17) is 14.2 Å². The Balaban J connectivity index is 1.73. The van der Waals surface area contributed by atoms with Crippen LogP contribution in [0.3, 0.4) is 0 Å². The third kappa shape index (κ3) is 4.16. The number of aliphatic hydroxyl groups is 1. The van der Waals surface area contributed by atoms with Gasteiger partial charge in [0.05, 0.1) is 37.6 Å². The number of ether oxygens (including phenoxy) is 3. The molecule has 0 radical (unpaired) electrons. The first-order chi connectivity index (χ1) is 17.8. The molecule has 7 nitrogen and oxygen atoms in total. The van der Waals surface area contributed by atoms with Crippen LogP contribution in [0.15, 0.2) is 60.2 Å². The number of nitrogens with zero attached hydrogens (tertiary/aromatic N) is 1. The van der Waals surface area contributed by atoms with Crippen molar-refractivity contribution in [1.29, 1.82) is 0 Å². The maximum atomic E-state index is 14.9. The molecule has 5 rings (SSSR count). The van der Waals surface area contributed by atoms with Gasteiger partial charge in [0.15, 0.2) is 11.5 Å². The average molecular weight is 507 g/mol. The van der Waals surface area contributed by atoms with Gasteiger partial charge in [-0.15, -0.1) is 0 Å². The number of fused-ring (bicyclic) bond motifs is 1. The van der Waals surface area contributed by atoms with Gasteiger partial charge in [-0.25, -0.2) is 8.78 Å². The number of methoxy groups -OCH3 is 1. The number of hydrogen-bond donors (Lipinski definition) is 1. The van der Waals surface area contributed by atoms with Crippen molar-refractivity contribution in [3.63, 3.8) is 0 Å². The fraction of sp³-hybridized carbons (Fsp3) is 0.214. The molecule has 3 aromatic carbocycles. The van der Waals surface area contributed by atoms with Crippen LogP contribution in [-0.2, 0) is 16.0 Å². The molecule has 1 N–H and O–H groups in total. The van der Waals surface area contributed by atoms with Gasteiger partial charge >= 0.3 is 0 Å². The van der Waals surface area contributed by atoms with Crippen LogP contribution in [0.2, 0.25) is 0 Å². The van der Waals surface area contributed by atoms with Crippen molar-refractivity contribution in [2.45, 2.75) is 19.4 Å². The third-order valence-corrected chi connectivity index (χ3v) is 6.38. The second-order valence-corrected chi connectivity index (χ2v) is 8.53. The van der Waals surface area contributed by atoms with E-state index in [1.165, 1.54) is 7.11 Å². The van der Waals surface area contributed by atoms with E-state index < -0.39 is 35.1 Å². The van der Waals surface area contributed by atoms with Crippen molar-refractivity contribution in [3.05, 3.63) is 88.5 Å². The van der Waals surface area contributed by atoms with Crippen LogP contribution in [-0.4, -0.2) is 37.1 Å². The Morgan fingerprint density at radius 3 is 2.62 bits per heavy atom. The van der Waals surface area contributed by atoms with Gasteiger partial charge in [0.25, 0.3) is 11.7 Å². The molecule has 0 aliphatic carbocycles. The Hall–Kier alpha value is -4.40. The summed E-state index contributed by atoms with van der Waals surface area (Å²) in [7, 11) is 1.47. The minimum absolute atomic E-state index is 0.236. The Morgan fingerprint density at radius 1 is 1.08 bits per heavy atom. The second kappa shape index (κ2) is 9.57. The summed E-state index contributed by atoms with van der Waals surface area (Å²) in [5.41, 5.74) is 0.981. The number of benzene rings is 3. The summed E-state index contributed by atoms with van der Waals surface area (Å²) in [6.45, 7) is 2.59. The fourth-order valence-corrected chi connectivity index (χ4v) is 4.69. The highest BCUT2D eigenvalue weighted by molar-refractivity contribution is 6.51. The van der Waals surface area contributed by atoms with Gasteiger partial charge in [-0.2, -0.15) is 0 Å². The van der Waals surface area contributed by atoms with E-state index in [-0.39, 0.29) is 11.3 Å². The molecule has 9 heteroatoms. The molecule has 1 unspecified atom stereocenters. The summed E-state index contributed by atoms with van der Waals surface area (Å²) < 4.78 is 45.1. The summed E-state index contributed by atoms with van der Waals surface area (Å²) in [5, 5.41) is 11.4. The van der Waals surface area contributed by atoms with Gasteiger partial charge in [-0.1, -0.05) is 6.07 Å². The highest BCUT2D eigenvalue weighted by Crippen LogP contribution is 2.45. The molecule has 190 valence electrons. The lowest BCUT2D eigenvalue weighted by molar-refractivity contribution is -0.132. The Bertz CT molecular complexity index is 1450. The van der Waals surface area contributed by atoms with Gasteiger partial charge < -0.3 is 19.3 Å². The second-order valence-electron chi connectivity index (χ2n) is 8.53. The van der Waals surface area contributed by atoms with Crippen molar-refractivity contribution in [3.8, 4) is 17.2 Å². The molecule has 2 aliphatic heterocycles. The fourth-order valence-electron chi connectivity index (χ4n) is 4.69. The number of carbonyl (C=O) groups excluding carboxylic acids is 2. The van der Waals surface area contributed by atoms with Gasteiger partial charge in [-0.3, -0.25) is 14.5 Å². The normalized spacial score (nSPS) is 18.1. The largest absolute Gasteiger partial charge is 0.507 e. The van der Waals surface area contributed by atoms with Crippen LogP contribution in [0, 0.1) is 11.6 Å². The van der Waals surface area contributed by atoms with Crippen molar-refractivity contribution in [1.82, 2.24) is 0 Å². The smallest absolute Gasteiger partial charge is 0.300 e. The molecule has 1 saturated heterocycles. The standard InChI is InChI=1S/C28H23F2NO6/c1-3-36-23-13-16(4-9-22(23)35-2)25-24(26(32)17-5-8-21-15(12-17)10-11-37-21)27(33)28(34)31(25)20-7-6-18(29)14-19(20)30/h4-9,12-14,25,32H,3,10-11H2,1-2H3/b26-24+. The minimum atomic E-state index is -1.23. The first-order valence-corrected chi connectivity index (χ1v) is 11.7. The van der Waals surface area contributed by atoms with Gasteiger partial charge in [0, 0.05) is 18.1 Å². The first-order valence-electron chi connectivity index (χ1n) is 11.7. The lowest BCUT2D eigenvalue weighted by Crippen LogP contribution is -2.30. The molecular weight excluding hydrogens is 484 g/mol. The van der Waals surface area contributed by atoms with Crippen molar-refractivity contribution in [2.75, 3.05) is 25.2 Å². The molecule has 0 aromatic heterocycles. The number of hydrogen-bond acceptors (Lipinski definition) is 6. The minimum Gasteiger partial charge on any atom is -0.507 e. The SMILES string of the molecule is CCOc1cc(C2/C(=C(\O)c3ccc4c(c3)CCO4)C(=O)C(=O)N2c2ccc(F)cc2F)ccc1OC. The zero-order chi connectivity index (χ0) is 26.3. The van der Waals surface area contributed by atoms with Crippen LogP contribution in [0.4, 0.5) is 14.5 Å². The van der Waals surface area contributed by atoms with E-state index >= 15 is 0 Å². The molecule has 1 amide bonds. The lowest BCUT2D eigenvalue weighted by Gasteiger charge is -2.26. The highest BCUT2D eigenvalue weighted by atomic mass is 19.1. The topological polar surface area (TPSA) is 85.3 Å². The van der Waals surface area contributed by atoms with Crippen LogP contribution >= 0.6 is 0 Å². The van der Waals surface area contributed by atoms with Gasteiger partial charge in [-0.05, 0) is 60.5 Å². The van der Waals surface area contributed by atoms with Crippen molar-refractivity contribution in [2.24, 2.45) is 0 Å². The number of Topliss-reactive ketones (excluding diaryl/α,β-unsaturated/α-hetero) is 1. The molecule has 3 aromatic rings. The zero-order valence-electron chi connectivity index (χ0n) is 20.1. The monoisotopic (exact) mass is 507 g/mol. The van der Waals surface area contributed by atoms with Crippen LogP contribution in [0.1, 0.15) is 29.7 Å². The number of ketones is 1. The number of halogens is 2. The van der Waals surface area contributed by atoms with E-state index in [1.54, 1.807) is 43.3 Å². The van der Waals surface area contributed by atoms with Crippen LogP contribution in [0.5, 0.6) is 17.2 Å².